The highest BCUT2D eigenvalue weighted by Crippen LogP contribution is 2.32. The predicted molar refractivity (Wildman–Crippen MR) is 350 cm³/mol. The Morgan fingerprint density at radius 3 is 0.849 bits per heavy atom. The molecule has 12 nitrogen and oxygen atoms in total. The van der Waals surface area contributed by atoms with Crippen LogP contribution in [0.1, 0.15) is 146 Å². The second kappa shape index (κ2) is 25.9. The van der Waals surface area contributed by atoms with Crippen LogP contribution in [0.5, 0.6) is 0 Å². The van der Waals surface area contributed by atoms with Gasteiger partial charge in [0.25, 0.3) is 0 Å². The minimum absolute atomic E-state index is 0. The fourth-order valence-electron chi connectivity index (χ4n) is 11.2. The van der Waals surface area contributed by atoms with E-state index < -0.39 is 5.89 Å². The maximum absolute atomic E-state index is 8.12. The lowest BCUT2D eigenvalue weighted by atomic mass is 9.97. The fraction of sp³-hybridized carbons (Fsp3) is 0.351. The van der Waals surface area contributed by atoms with Crippen molar-refractivity contribution in [2.75, 3.05) is 0 Å². The number of aryl methyl sites for hydroxylation is 14. The number of aromatic nitrogens is 8. The Hall–Kier alpha value is -8.64. The minimum atomic E-state index is -0.845. The lowest BCUT2D eigenvalue weighted by molar-refractivity contribution is -0.640. The van der Waals surface area contributed by atoms with Gasteiger partial charge in [0, 0.05) is 73.5 Å². The number of pyridine rings is 4. The first kappa shape index (κ1) is 63.4. The summed E-state index contributed by atoms with van der Waals surface area (Å²) >= 11 is 0. The Morgan fingerprint density at radius 2 is 0.581 bits per heavy atom. The molecule has 86 heavy (non-hydrogen) atoms. The van der Waals surface area contributed by atoms with Gasteiger partial charge < -0.3 is 17.7 Å². The molecule has 0 amide bonds. The smallest absolute Gasteiger partial charge is 0.389 e. The molecule has 0 fully saturated rings. The van der Waals surface area contributed by atoms with Crippen molar-refractivity contribution >= 4 is 44.9 Å². The molecule has 0 aliphatic carbocycles. The van der Waals surface area contributed by atoms with Crippen molar-refractivity contribution in [2.45, 2.75) is 151 Å². The first-order valence-corrected chi connectivity index (χ1v) is 29.0. The summed E-state index contributed by atoms with van der Waals surface area (Å²) in [5.41, 5.74) is 31.7. The monoisotopic (exact) mass is 1160 g/mol. The van der Waals surface area contributed by atoms with Crippen molar-refractivity contribution in [2.24, 2.45) is 28.2 Å². The molecule has 8 aromatic heterocycles. The van der Waals surface area contributed by atoms with E-state index >= 15 is 0 Å². The van der Waals surface area contributed by atoms with Gasteiger partial charge in [0.1, 0.15) is 28.2 Å². The van der Waals surface area contributed by atoms with Crippen LogP contribution in [0.2, 0.25) is 0 Å². The summed E-state index contributed by atoms with van der Waals surface area (Å²) in [6, 6.07) is 34.3. The topological polar surface area (TPSA) is 120 Å². The van der Waals surface area contributed by atoms with Crippen LogP contribution in [0, 0.1) is 96.9 Å². The zero-order valence-corrected chi connectivity index (χ0v) is 53.5. The minimum Gasteiger partial charge on any atom is -0.389 e. The van der Waals surface area contributed by atoms with Gasteiger partial charge in [-0.2, -0.15) is 18.3 Å². The summed E-state index contributed by atoms with van der Waals surface area (Å²) in [4.78, 5) is 17.8. The third-order valence-electron chi connectivity index (χ3n) is 16.3. The standard InChI is InChI=1S/2C19H23N2O.2C17H19N2O.2CH4/c2*1-11(2)18-20-16-7-8-17(21(6)19(16)22-18)15-10-12(3)9-13(4)14(15)5;2*1-10-8-11(2)12(3)14(9-10)16-7-6-15-17(19(16)5)20-13(4)18-15;;/h2*7-11H,1-6H3;2*6-9H,1-5H3;2*1H4/q4*+1;;/i11D;;;;;. The van der Waals surface area contributed by atoms with E-state index in [4.69, 9.17) is 19.0 Å². The van der Waals surface area contributed by atoms with Crippen molar-refractivity contribution < 1.29 is 37.3 Å². The molecule has 12 rings (SSSR count). The van der Waals surface area contributed by atoms with Crippen LogP contribution in [0.15, 0.2) is 115 Å². The summed E-state index contributed by atoms with van der Waals surface area (Å²) in [7, 11) is 8.09. The van der Waals surface area contributed by atoms with Crippen LogP contribution in [0.4, 0.5) is 0 Å². The van der Waals surface area contributed by atoms with E-state index in [0.29, 0.717) is 29.3 Å². The SMILES string of the molecule is C.C.Cc1cc(C)c(C)c(-c2ccc3nc(C(C)C)oc3[n+]2C)c1.Cc1cc(C)c(C)c(-c2ccc3nc(C)oc3[n+]2C)c1.Cc1cc(C)c(C)c(-c2ccc3nc(C)oc3[n+]2C)c1.[2H]C(C)(C)c1nc2ccc(-c3cc(C)cc(C)c3C)[n+](C)c2o1. The number of fused-ring (bicyclic) bond motifs is 4. The van der Waals surface area contributed by atoms with Crippen LogP contribution in [0.3, 0.4) is 0 Å². The number of rotatable bonds is 6. The molecular formula is C74H92N8O4+4. The largest absolute Gasteiger partial charge is 0.401 e. The van der Waals surface area contributed by atoms with Crippen molar-refractivity contribution in [1.29, 1.82) is 0 Å². The molecular weight excluding hydrogens is 1060 g/mol. The van der Waals surface area contributed by atoms with Crippen molar-refractivity contribution in [1.82, 2.24) is 19.9 Å². The van der Waals surface area contributed by atoms with E-state index in [0.717, 1.165) is 67.9 Å². The quantitative estimate of drug-likeness (QED) is 0.151. The van der Waals surface area contributed by atoms with Gasteiger partial charge in [-0.15, -0.1) is 0 Å². The average molecular weight is 1160 g/mol. The maximum atomic E-state index is 8.12. The zero-order valence-electron chi connectivity index (χ0n) is 54.5. The molecule has 0 N–H and O–H groups in total. The summed E-state index contributed by atoms with van der Waals surface area (Å²) in [5, 5.41) is 0. The van der Waals surface area contributed by atoms with Crippen LogP contribution in [0.25, 0.3) is 90.0 Å². The molecule has 0 radical (unpaired) electrons. The van der Waals surface area contributed by atoms with Gasteiger partial charge >= 0.3 is 22.9 Å². The van der Waals surface area contributed by atoms with E-state index in [-0.39, 0.29) is 14.9 Å². The Kier molecular flexibility index (Phi) is 19.1. The van der Waals surface area contributed by atoms with Gasteiger partial charge in [-0.05, 0) is 176 Å². The predicted octanol–water partition coefficient (Wildman–Crippen LogP) is 17.1. The highest BCUT2D eigenvalue weighted by atomic mass is 16.4. The molecule has 0 spiro atoms. The molecule has 0 aliphatic rings. The lowest BCUT2D eigenvalue weighted by Gasteiger charge is -2.08. The summed E-state index contributed by atoms with van der Waals surface area (Å²) in [6.45, 7) is 37.3. The molecule has 0 bridgehead atoms. The molecule has 0 atom stereocenters. The molecule has 0 aliphatic heterocycles. The van der Waals surface area contributed by atoms with E-state index in [1.54, 1.807) is 13.8 Å². The second-order valence-electron chi connectivity index (χ2n) is 23.6. The second-order valence-corrected chi connectivity index (χ2v) is 23.6. The first-order chi connectivity index (χ1) is 40.0. The molecule has 8 heterocycles. The number of hydrogen-bond acceptors (Lipinski definition) is 8. The normalized spacial score (nSPS) is 11.5. The Morgan fingerprint density at radius 1 is 0.337 bits per heavy atom. The third-order valence-corrected chi connectivity index (χ3v) is 16.3. The van der Waals surface area contributed by atoms with E-state index in [1.807, 2.05) is 64.8 Å². The third kappa shape index (κ3) is 13.0. The molecule has 448 valence electrons. The van der Waals surface area contributed by atoms with Crippen molar-refractivity contribution in [3.63, 3.8) is 0 Å². The number of hydrogen-bond donors (Lipinski definition) is 0. The van der Waals surface area contributed by atoms with Gasteiger partial charge in [0.15, 0.2) is 33.8 Å². The Bertz CT molecular complexity index is 4410. The lowest BCUT2D eigenvalue weighted by Crippen LogP contribution is -2.31. The van der Waals surface area contributed by atoms with Crippen molar-refractivity contribution in [3.8, 4) is 45.0 Å². The van der Waals surface area contributed by atoms with Crippen LogP contribution >= 0.6 is 0 Å². The zero-order chi connectivity index (χ0) is 61.8. The van der Waals surface area contributed by atoms with Gasteiger partial charge in [-0.3, -0.25) is 0 Å². The van der Waals surface area contributed by atoms with Gasteiger partial charge in [-0.1, -0.05) is 89.1 Å². The van der Waals surface area contributed by atoms with E-state index in [9.17, 15) is 0 Å². The maximum Gasteiger partial charge on any atom is 0.401 e. The molecule has 12 aromatic rings. The molecule has 12 heteroatoms. The summed E-state index contributed by atoms with van der Waals surface area (Å²) in [6.07, 6.45) is 0. The van der Waals surface area contributed by atoms with Crippen LogP contribution < -0.4 is 18.3 Å². The summed E-state index contributed by atoms with van der Waals surface area (Å²) in [5.74, 6) is 2.08. The van der Waals surface area contributed by atoms with E-state index in [1.165, 1.54) is 89.0 Å². The number of oxazole rings is 4. The molecule has 0 saturated carbocycles. The summed E-state index contributed by atoms with van der Waals surface area (Å²) < 4.78 is 39.7. The fourth-order valence-corrected chi connectivity index (χ4v) is 11.2. The van der Waals surface area contributed by atoms with Gasteiger partial charge in [-0.25, -0.2) is 19.9 Å². The van der Waals surface area contributed by atoms with E-state index in [2.05, 4.69) is 209 Å². The molecule has 4 aromatic carbocycles. The van der Waals surface area contributed by atoms with Gasteiger partial charge in [0.05, 0.1) is 0 Å². The van der Waals surface area contributed by atoms with Gasteiger partial charge in [0.2, 0.25) is 34.6 Å². The van der Waals surface area contributed by atoms with Crippen molar-refractivity contribution in [3.05, 3.63) is 187 Å². The van der Waals surface area contributed by atoms with Crippen LogP contribution in [-0.4, -0.2) is 19.9 Å². The highest BCUT2D eigenvalue weighted by molar-refractivity contribution is 5.75. The Balaban J connectivity index is 0.000000165. The molecule has 0 unspecified atom stereocenters. The average Bonchev–Trinajstić information content (AvgIpc) is 3.72. The highest BCUT2D eigenvalue weighted by Gasteiger charge is 2.26. The van der Waals surface area contributed by atoms with Crippen LogP contribution in [-0.2, 0) is 28.2 Å². The Labute approximate surface area is 511 Å². The molecule has 0 saturated heterocycles. The number of nitrogens with zero attached hydrogens (tertiary/aromatic N) is 8. The number of benzene rings is 4. The first-order valence-electron chi connectivity index (χ1n) is 29.5.